The van der Waals surface area contributed by atoms with Crippen LogP contribution in [0.1, 0.15) is 17.3 Å². The van der Waals surface area contributed by atoms with Crippen molar-refractivity contribution in [3.05, 3.63) is 29.3 Å². The first kappa shape index (κ1) is 14.8. The third-order valence-electron chi connectivity index (χ3n) is 2.40. The standard InChI is InChI=1S/C12H15F2NO2S/c1-7(6-18-2)5-15-9-4-3-8(12(16)17)10(13)11(9)14/h3-4,7,15H,5-6H2,1-2H3,(H,16,17). The average Bonchev–Trinajstić information content (AvgIpc) is 2.31. The molecule has 0 aliphatic heterocycles. The Balaban J connectivity index is 2.79. The molecule has 0 amide bonds. The minimum atomic E-state index is -1.48. The van der Waals surface area contributed by atoms with Crippen molar-refractivity contribution >= 4 is 23.4 Å². The molecule has 0 aliphatic carbocycles. The van der Waals surface area contributed by atoms with Crippen LogP contribution in [0.25, 0.3) is 0 Å². The van der Waals surface area contributed by atoms with Gasteiger partial charge in [0, 0.05) is 6.54 Å². The largest absolute Gasteiger partial charge is 0.478 e. The average molecular weight is 275 g/mol. The van der Waals surface area contributed by atoms with Crippen molar-refractivity contribution in [3.8, 4) is 0 Å². The number of aromatic carboxylic acids is 1. The maximum atomic E-state index is 13.6. The van der Waals surface area contributed by atoms with Crippen molar-refractivity contribution < 1.29 is 18.7 Å². The highest BCUT2D eigenvalue weighted by atomic mass is 32.2. The molecular formula is C12H15F2NO2S. The number of carboxylic acid groups (broad SMARTS) is 1. The molecule has 3 nitrogen and oxygen atoms in total. The van der Waals surface area contributed by atoms with Gasteiger partial charge in [0.2, 0.25) is 0 Å². The van der Waals surface area contributed by atoms with E-state index < -0.39 is 23.2 Å². The summed E-state index contributed by atoms with van der Waals surface area (Å²) in [7, 11) is 0. The van der Waals surface area contributed by atoms with Gasteiger partial charge in [-0.3, -0.25) is 0 Å². The van der Waals surface area contributed by atoms with Crippen LogP contribution >= 0.6 is 11.8 Å². The Labute approximate surface area is 109 Å². The molecule has 1 aromatic carbocycles. The van der Waals surface area contributed by atoms with Gasteiger partial charge in [-0.1, -0.05) is 6.92 Å². The van der Waals surface area contributed by atoms with E-state index in [-0.39, 0.29) is 5.69 Å². The molecule has 0 radical (unpaired) electrons. The Hall–Kier alpha value is -1.30. The molecule has 0 saturated heterocycles. The lowest BCUT2D eigenvalue weighted by Gasteiger charge is -2.13. The lowest BCUT2D eigenvalue weighted by molar-refractivity contribution is 0.0690. The van der Waals surface area contributed by atoms with Crippen LogP contribution < -0.4 is 5.32 Å². The van der Waals surface area contributed by atoms with E-state index in [1.807, 2.05) is 13.2 Å². The highest BCUT2D eigenvalue weighted by Gasteiger charge is 2.17. The van der Waals surface area contributed by atoms with E-state index in [9.17, 15) is 13.6 Å². The monoisotopic (exact) mass is 275 g/mol. The predicted octanol–water partition coefficient (Wildman–Crippen LogP) is 3.07. The van der Waals surface area contributed by atoms with E-state index in [1.165, 1.54) is 6.07 Å². The molecule has 0 spiro atoms. The van der Waals surface area contributed by atoms with Crippen LogP contribution in [0.15, 0.2) is 12.1 Å². The first-order chi connectivity index (χ1) is 8.47. The number of nitrogens with one attached hydrogen (secondary N) is 1. The first-order valence-electron chi connectivity index (χ1n) is 5.41. The Morgan fingerprint density at radius 3 is 2.67 bits per heavy atom. The van der Waals surface area contributed by atoms with E-state index in [0.29, 0.717) is 12.5 Å². The molecule has 0 fully saturated rings. The normalized spacial score (nSPS) is 12.2. The van der Waals surface area contributed by atoms with E-state index in [1.54, 1.807) is 11.8 Å². The molecule has 0 aliphatic rings. The van der Waals surface area contributed by atoms with E-state index in [0.717, 1.165) is 11.8 Å². The SMILES string of the molecule is CSCC(C)CNc1ccc(C(=O)O)c(F)c1F. The molecule has 1 atom stereocenters. The summed E-state index contributed by atoms with van der Waals surface area (Å²) < 4.78 is 26.9. The molecule has 18 heavy (non-hydrogen) atoms. The van der Waals surface area contributed by atoms with Gasteiger partial charge in [0.25, 0.3) is 0 Å². The van der Waals surface area contributed by atoms with Crippen LogP contribution in [0.2, 0.25) is 0 Å². The highest BCUT2D eigenvalue weighted by molar-refractivity contribution is 7.98. The summed E-state index contributed by atoms with van der Waals surface area (Å²) in [5, 5.41) is 11.4. The fraction of sp³-hybridized carbons (Fsp3) is 0.417. The second-order valence-electron chi connectivity index (χ2n) is 4.04. The van der Waals surface area contributed by atoms with Gasteiger partial charge in [0.05, 0.1) is 11.3 Å². The zero-order valence-corrected chi connectivity index (χ0v) is 11.0. The van der Waals surface area contributed by atoms with Crippen molar-refractivity contribution in [2.24, 2.45) is 5.92 Å². The molecule has 0 bridgehead atoms. The molecule has 100 valence electrons. The molecule has 0 heterocycles. The topological polar surface area (TPSA) is 49.3 Å². The fourth-order valence-corrected chi connectivity index (χ4v) is 2.17. The molecule has 6 heteroatoms. The number of rotatable bonds is 6. The maximum Gasteiger partial charge on any atom is 0.338 e. The molecule has 1 aromatic rings. The minimum Gasteiger partial charge on any atom is -0.478 e. The first-order valence-corrected chi connectivity index (χ1v) is 6.80. The summed E-state index contributed by atoms with van der Waals surface area (Å²) in [6, 6.07) is 2.30. The number of hydrogen-bond donors (Lipinski definition) is 2. The van der Waals surface area contributed by atoms with Crippen molar-refractivity contribution in [3.63, 3.8) is 0 Å². The highest BCUT2D eigenvalue weighted by Crippen LogP contribution is 2.21. The third kappa shape index (κ3) is 3.60. The molecule has 1 rings (SSSR count). The van der Waals surface area contributed by atoms with Crippen LogP contribution in [0.3, 0.4) is 0 Å². The van der Waals surface area contributed by atoms with E-state index in [2.05, 4.69) is 5.32 Å². The van der Waals surface area contributed by atoms with Crippen LogP contribution in [0.5, 0.6) is 0 Å². The van der Waals surface area contributed by atoms with Crippen LogP contribution in [-0.2, 0) is 0 Å². The minimum absolute atomic E-state index is 0.00884. The van der Waals surface area contributed by atoms with Gasteiger partial charge in [-0.05, 0) is 30.1 Å². The summed E-state index contributed by atoms with van der Waals surface area (Å²) in [4.78, 5) is 10.6. The smallest absolute Gasteiger partial charge is 0.338 e. The van der Waals surface area contributed by atoms with E-state index >= 15 is 0 Å². The predicted molar refractivity (Wildman–Crippen MR) is 69.4 cm³/mol. The maximum absolute atomic E-state index is 13.6. The molecular weight excluding hydrogens is 260 g/mol. The van der Waals surface area contributed by atoms with Gasteiger partial charge in [-0.2, -0.15) is 11.8 Å². The Morgan fingerprint density at radius 1 is 1.44 bits per heavy atom. The third-order valence-corrected chi connectivity index (χ3v) is 3.31. The van der Waals surface area contributed by atoms with Crippen LogP contribution in [0.4, 0.5) is 14.5 Å². The molecule has 0 aromatic heterocycles. The van der Waals surface area contributed by atoms with Crippen molar-refractivity contribution in [2.75, 3.05) is 23.9 Å². The zero-order valence-electron chi connectivity index (χ0n) is 10.2. The molecule has 1 unspecified atom stereocenters. The number of carbonyl (C=O) groups is 1. The van der Waals surface area contributed by atoms with Crippen molar-refractivity contribution in [1.82, 2.24) is 0 Å². The lowest BCUT2D eigenvalue weighted by Crippen LogP contribution is -2.15. The van der Waals surface area contributed by atoms with Gasteiger partial charge < -0.3 is 10.4 Å². The Kier molecular flexibility index (Phi) is 5.40. The molecule has 0 saturated carbocycles. The lowest BCUT2D eigenvalue weighted by atomic mass is 10.1. The second-order valence-corrected chi connectivity index (χ2v) is 4.95. The van der Waals surface area contributed by atoms with Gasteiger partial charge in [0.1, 0.15) is 0 Å². The number of hydrogen-bond acceptors (Lipinski definition) is 3. The summed E-state index contributed by atoms with van der Waals surface area (Å²) in [6.45, 7) is 2.49. The second kappa shape index (κ2) is 6.58. The fourth-order valence-electron chi connectivity index (χ4n) is 1.48. The summed E-state index contributed by atoms with van der Waals surface area (Å²) in [6.07, 6.45) is 1.97. The Bertz CT molecular complexity index is 440. The zero-order chi connectivity index (χ0) is 13.7. The van der Waals surface area contributed by atoms with Gasteiger partial charge in [0.15, 0.2) is 11.6 Å². The molecule has 2 N–H and O–H groups in total. The summed E-state index contributed by atoms with van der Waals surface area (Å²) in [5.74, 6) is -2.74. The van der Waals surface area contributed by atoms with Gasteiger partial charge in [-0.25, -0.2) is 13.6 Å². The van der Waals surface area contributed by atoms with Crippen molar-refractivity contribution in [2.45, 2.75) is 6.92 Å². The number of benzene rings is 1. The number of carboxylic acids is 1. The summed E-state index contributed by atoms with van der Waals surface area (Å²) >= 11 is 1.67. The number of anilines is 1. The number of thioether (sulfide) groups is 1. The Morgan fingerprint density at radius 2 is 2.11 bits per heavy atom. The van der Waals surface area contributed by atoms with Crippen molar-refractivity contribution in [1.29, 1.82) is 0 Å². The number of halogens is 2. The van der Waals surface area contributed by atoms with Crippen LogP contribution in [0, 0.1) is 17.6 Å². The quantitative estimate of drug-likeness (QED) is 0.837. The van der Waals surface area contributed by atoms with Crippen LogP contribution in [-0.4, -0.2) is 29.6 Å². The summed E-state index contributed by atoms with van der Waals surface area (Å²) in [5.41, 5.74) is -0.666. The van der Waals surface area contributed by atoms with Gasteiger partial charge >= 0.3 is 5.97 Å². The van der Waals surface area contributed by atoms with E-state index in [4.69, 9.17) is 5.11 Å². The van der Waals surface area contributed by atoms with Gasteiger partial charge in [-0.15, -0.1) is 0 Å².